The molecule has 2 N–H and O–H groups in total. The molecule has 0 saturated carbocycles. The minimum Gasteiger partial charge on any atom is -0.384 e. The molecule has 116 valence electrons. The van der Waals surface area contributed by atoms with E-state index >= 15 is 0 Å². The average Bonchev–Trinajstić information content (AvgIpc) is 3.16. The van der Waals surface area contributed by atoms with Gasteiger partial charge in [0, 0.05) is 23.3 Å². The molecule has 2 aliphatic rings. The summed E-state index contributed by atoms with van der Waals surface area (Å²) in [5.74, 6) is 0.756. The number of fused-ring (bicyclic) bond motifs is 2. The summed E-state index contributed by atoms with van der Waals surface area (Å²) in [5.41, 5.74) is 8.02. The fourth-order valence-electron chi connectivity index (χ4n) is 3.86. The molecule has 1 aromatic carbocycles. The van der Waals surface area contributed by atoms with E-state index in [0.29, 0.717) is 0 Å². The molecule has 1 atom stereocenters. The highest BCUT2D eigenvalue weighted by Gasteiger charge is 2.21. The monoisotopic (exact) mass is 295 g/mol. The molecule has 0 radical (unpaired) electrons. The van der Waals surface area contributed by atoms with Crippen molar-refractivity contribution in [2.75, 3.05) is 25.0 Å². The van der Waals surface area contributed by atoms with Crippen LogP contribution >= 0.6 is 0 Å². The van der Waals surface area contributed by atoms with Gasteiger partial charge < -0.3 is 10.6 Å². The first-order chi connectivity index (χ1) is 10.7. The zero-order chi connectivity index (χ0) is 15.1. The zero-order valence-electron chi connectivity index (χ0n) is 13.6. The largest absolute Gasteiger partial charge is 0.384 e. The highest BCUT2D eigenvalue weighted by atomic mass is 14.9. The van der Waals surface area contributed by atoms with Gasteiger partial charge >= 0.3 is 0 Å². The number of pyridine rings is 1. The third-order valence-corrected chi connectivity index (χ3v) is 5.36. The lowest BCUT2D eigenvalue weighted by Crippen LogP contribution is -2.18. The smallest absolute Gasteiger partial charge is 0.0729 e. The first-order valence-corrected chi connectivity index (χ1v) is 8.59. The quantitative estimate of drug-likeness (QED) is 0.911. The molecule has 3 heteroatoms. The highest BCUT2D eigenvalue weighted by molar-refractivity contribution is 5.94. The Kier molecular flexibility index (Phi) is 3.53. The van der Waals surface area contributed by atoms with Gasteiger partial charge in [-0.1, -0.05) is 0 Å². The van der Waals surface area contributed by atoms with Crippen LogP contribution in [0.4, 0.5) is 5.69 Å². The van der Waals surface area contributed by atoms with Crippen LogP contribution in [-0.2, 0) is 12.8 Å². The second-order valence-electron chi connectivity index (χ2n) is 6.96. The summed E-state index contributed by atoms with van der Waals surface area (Å²) in [7, 11) is 0. The third-order valence-electron chi connectivity index (χ3n) is 5.36. The van der Waals surface area contributed by atoms with Crippen molar-refractivity contribution < 1.29 is 0 Å². The van der Waals surface area contributed by atoms with Crippen LogP contribution in [0.15, 0.2) is 12.1 Å². The van der Waals surface area contributed by atoms with Gasteiger partial charge in [0.05, 0.1) is 5.52 Å². The number of aryl methyl sites for hydroxylation is 3. The predicted octanol–water partition coefficient (Wildman–Crippen LogP) is 3.36. The van der Waals surface area contributed by atoms with E-state index in [0.717, 1.165) is 30.9 Å². The van der Waals surface area contributed by atoms with Gasteiger partial charge in [0.15, 0.2) is 0 Å². The number of nitrogens with one attached hydrogen (secondary N) is 2. The number of hydrogen-bond acceptors (Lipinski definition) is 3. The van der Waals surface area contributed by atoms with E-state index in [4.69, 9.17) is 4.98 Å². The molecule has 3 nitrogen and oxygen atoms in total. The zero-order valence-corrected chi connectivity index (χ0v) is 13.6. The van der Waals surface area contributed by atoms with E-state index in [1.165, 1.54) is 59.3 Å². The standard InChI is InChI=1S/C19H25N3/c1-12-8-16-18(9-13(12)2)22-17-5-3-4-15(17)19(16)21-11-14-6-7-20-10-14/h8-9,14,20H,3-7,10-11H2,1-2H3,(H,21,22). The lowest BCUT2D eigenvalue weighted by molar-refractivity contribution is 0.615. The van der Waals surface area contributed by atoms with Crippen molar-refractivity contribution in [3.05, 3.63) is 34.5 Å². The normalized spacial score (nSPS) is 20.5. The molecule has 2 aromatic rings. The maximum Gasteiger partial charge on any atom is 0.0729 e. The molecule has 1 aliphatic heterocycles. The van der Waals surface area contributed by atoms with Crippen molar-refractivity contribution >= 4 is 16.6 Å². The average molecular weight is 295 g/mol. The van der Waals surface area contributed by atoms with Crippen molar-refractivity contribution in [1.82, 2.24) is 10.3 Å². The molecular formula is C19H25N3. The van der Waals surface area contributed by atoms with Gasteiger partial charge in [-0.15, -0.1) is 0 Å². The molecule has 0 amide bonds. The summed E-state index contributed by atoms with van der Waals surface area (Å²) in [6.07, 6.45) is 4.85. The Morgan fingerprint density at radius 1 is 1.23 bits per heavy atom. The summed E-state index contributed by atoms with van der Waals surface area (Å²) in [4.78, 5) is 4.95. The van der Waals surface area contributed by atoms with Gasteiger partial charge in [0.1, 0.15) is 0 Å². The molecular weight excluding hydrogens is 270 g/mol. The summed E-state index contributed by atoms with van der Waals surface area (Å²) in [6, 6.07) is 4.58. The molecule has 1 unspecified atom stereocenters. The third kappa shape index (κ3) is 2.38. The van der Waals surface area contributed by atoms with Crippen molar-refractivity contribution in [1.29, 1.82) is 0 Å². The maximum atomic E-state index is 4.95. The summed E-state index contributed by atoms with van der Waals surface area (Å²) < 4.78 is 0. The fraction of sp³-hybridized carbons (Fsp3) is 0.526. The lowest BCUT2D eigenvalue weighted by atomic mass is 10.0. The van der Waals surface area contributed by atoms with Gasteiger partial charge in [-0.25, -0.2) is 0 Å². The van der Waals surface area contributed by atoms with Crippen molar-refractivity contribution in [3.8, 4) is 0 Å². The number of aromatic nitrogens is 1. The molecule has 22 heavy (non-hydrogen) atoms. The number of anilines is 1. The Hall–Kier alpha value is -1.61. The predicted molar refractivity (Wildman–Crippen MR) is 92.7 cm³/mol. The van der Waals surface area contributed by atoms with Crippen molar-refractivity contribution in [2.45, 2.75) is 39.5 Å². The SMILES string of the molecule is Cc1cc2nc3c(c(NCC4CCNC4)c2cc1C)CCC3. The first kappa shape index (κ1) is 14.0. The highest BCUT2D eigenvalue weighted by Crippen LogP contribution is 2.35. The van der Waals surface area contributed by atoms with E-state index in [1.807, 2.05) is 0 Å². The molecule has 0 spiro atoms. The van der Waals surface area contributed by atoms with E-state index in [1.54, 1.807) is 0 Å². The molecule has 4 rings (SSSR count). The topological polar surface area (TPSA) is 37.0 Å². The van der Waals surface area contributed by atoms with Crippen LogP contribution in [0.25, 0.3) is 10.9 Å². The molecule has 2 heterocycles. The number of benzene rings is 1. The van der Waals surface area contributed by atoms with Crippen LogP contribution in [0.5, 0.6) is 0 Å². The maximum absolute atomic E-state index is 4.95. The molecule has 1 fully saturated rings. The van der Waals surface area contributed by atoms with Gasteiger partial charge in [0.2, 0.25) is 0 Å². The van der Waals surface area contributed by atoms with Crippen LogP contribution in [-0.4, -0.2) is 24.6 Å². The lowest BCUT2D eigenvalue weighted by Gasteiger charge is -2.18. The summed E-state index contributed by atoms with van der Waals surface area (Å²) in [6.45, 7) is 7.77. The van der Waals surface area contributed by atoms with E-state index in [-0.39, 0.29) is 0 Å². The summed E-state index contributed by atoms with van der Waals surface area (Å²) in [5, 5.41) is 8.57. The molecule has 1 saturated heterocycles. The minimum atomic E-state index is 0.756. The Morgan fingerprint density at radius 3 is 2.91 bits per heavy atom. The van der Waals surface area contributed by atoms with Gasteiger partial charge in [-0.05, 0) is 87.4 Å². The van der Waals surface area contributed by atoms with Crippen LogP contribution in [0.3, 0.4) is 0 Å². The fourth-order valence-corrected chi connectivity index (χ4v) is 3.86. The molecule has 0 bridgehead atoms. The number of nitrogens with zero attached hydrogens (tertiary/aromatic N) is 1. The minimum absolute atomic E-state index is 0.756. The van der Waals surface area contributed by atoms with Gasteiger partial charge in [0.25, 0.3) is 0 Å². The van der Waals surface area contributed by atoms with Crippen LogP contribution in [0.2, 0.25) is 0 Å². The summed E-state index contributed by atoms with van der Waals surface area (Å²) >= 11 is 0. The second kappa shape index (κ2) is 5.54. The Bertz CT molecular complexity index is 714. The number of rotatable bonds is 3. The van der Waals surface area contributed by atoms with E-state index in [9.17, 15) is 0 Å². The number of hydrogen-bond donors (Lipinski definition) is 2. The van der Waals surface area contributed by atoms with E-state index < -0.39 is 0 Å². The Balaban J connectivity index is 1.77. The van der Waals surface area contributed by atoms with Gasteiger partial charge in [-0.3, -0.25) is 4.98 Å². The van der Waals surface area contributed by atoms with Crippen LogP contribution in [0, 0.1) is 19.8 Å². The molecule has 1 aliphatic carbocycles. The van der Waals surface area contributed by atoms with Crippen LogP contribution in [0.1, 0.15) is 35.2 Å². The van der Waals surface area contributed by atoms with Crippen LogP contribution < -0.4 is 10.6 Å². The molecule has 1 aromatic heterocycles. The Morgan fingerprint density at radius 2 is 2.09 bits per heavy atom. The second-order valence-corrected chi connectivity index (χ2v) is 6.96. The van der Waals surface area contributed by atoms with Crippen molar-refractivity contribution in [3.63, 3.8) is 0 Å². The van der Waals surface area contributed by atoms with Crippen molar-refractivity contribution in [2.24, 2.45) is 5.92 Å². The van der Waals surface area contributed by atoms with E-state index in [2.05, 4.69) is 36.6 Å². The van der Waals surface area contributed by atoms with Gasteiger partial charge in [-0.2, -0.15) is 0 Å². The Labute approximate surface area is 132 Å². The first-order valence-electron chi connectivity index (χ1n) is 8.59.